The van der Waals surface area contributed by atoms with E-state index in [-0.39, 0.29) is 17.9 Å². The van der Waals surface area contributed by atoms with Crippen LogP contribution >= 0.6 is 0 Å². The van der Waals surface area contributed by atoms with Gasteiger partial charge in [0, 0.05) is 13.2 Å². The number of nitrogens with one attached hydrogen (secondary N) is 1. The zero-order chi connectivity index (χ0) is 11.7. The Morgan fingerprint density at radius 3 is 2.33 bits per heavy atom. The molecule has 0 bridgehead atoms. The van der Waals surface area contributed by atoms with Crippen LogP contribution in [0.15, 0.2) is 0 Å². The molecule has 0 fully saturated rings. The maximum Gasteiger partial charge on any atom is 0.246 e. The van der Waals surface area contributed by atoms with Gasteiger partial charge in [-0.2, -0.15) is 0 Å². The van der Waals surface area contributed by atoms with E-state index >= 15 is 0 Å². The highest BCUT2D eigenvalue weighted by Gasteiger charge is 2.24. The van der Waals surface area contributed by atoms with Gasteiger partial charge in [-0.1, -0.05) is 13.8 Å². The van der Waals surface area contributed by atoms with Crippen LogP contribution < -0.4 is 11.1 Å². The van der Waals surface area contributed by atoms with Gasteiger partial charge in [0.25, 0.3) is 0 Å². The monoisotopic (exact) mass is 216 g/mol. The predicted octanol–water partition coefficient (Wildman–Crippen LogP) is 0.904. The molecule has 0 saturated heterocycles. The molecule has 0 aromatic carbocycles. The van der Waals surface area contributed by atoms with Crippen LogP contribution in [-0.2, 0) is 9.53 Å². The highest BCUT2D eigenvalue weighted by atomic mass is 16.5. The van der Waals surface area contributed by atoms with Crippen molar-refractivity contribution in [1.29, 1.82) is 0 Å². The summed E-state index contributed by atoms with van der Waals surface area (Å²) in [5.41, 5.74) is 5.78. The molecular formula is C11H24N2O2. The lowest BCUT2D eigenvalue weighted by molar-refractivity contribution is -0.126. The molecule has 0 unspecified atom stereocenters. The molecule has 15 heavy (non-hydrogen) atoms. The standard InChI is InChI=1S/C11H24N2O2/c1-4-11(5-2,8-12)9-13-10(14)7-15-6-3/h4-9,12H2,1-3H3,(H,13,14). The molecule has 1 amide bonds. The van der Waals surface area contributed by atoms with Gasteiger partial charge in [-0.3, -0.25) is 4.79 Å². The normalized spacial score (nSPS) is 11.5. The first-order chi connectivity index (χ1) is 7.14. The van der Waals surface area contributed by atoms with Crippen molar-refractivity contribution in [1.82, 2.24) is 5.32 Å². The van der Waals surface area contributed by atoms with Crippen LogP contribution in [0, 0.1) is 5.41 Å². The molecule has 4 heteroatoms. The fourth-order valence-corrected chi connectivity index (χ4v) is 1.39. The quantitative estimate of drug-likeness (QED) is 0.633. The van der Waals surface area contributed by atoms with Crippen molar-refractivity contribution in [3.05, 3.63) is 0 Å². The van der Waals surface area contributed by atoms with E-state index in [2.05, 4.69) is 19.2 Å². The summed E-state index contributed by atoms with van der Waals surface area (Å²) in [6, 6.07) is 0. The third kappa shape index (κ3) is 5.14. The van der Waals surface area contributed by atoms with Crippen molar-refractivity contribution >= 4 is 5.91 Å². The largest absolute Gasteiger partial charge is 0.372 e. The Hall–Kier alpha value is -0.610. The second-order valence-electron chi connectivity index (χ2n) is 3.83. The molecular weight excluding hydrogens is 192 g/mol. The van der Waals surface area contributed by atoms with Crippen molar-refractivity contribution in [3.8, 4) is 0 Å². The fourth-order valence-electron chi connectivity index (χ4n) is 1.39. The van der Waals surface area contributed by atoms with Gasteiger partial charge in [-0.25, -0.2) is 0 Å². The van der Waals surface area contributed by atoms with Gasteiger partial charge in [-0.05, 0) is 31.7 Å². The number of carbonyl (C=O) groups is 1. The number of ether oxygens (including phenoxy) is 1. The molecule has 0 heterocycles. The molecule has 4 nitrogen and oxygen atoms in total. The topological polar surface area (TPSA) is 64.3 Å². The van der Waals surface area contributed by atoms with E-state index < -0.39 is 0 Å². The lowest BCUT2D eigenvalue weighted by atomic mass is 9.82. The third-order valence-corrected chi connectivity index (χ3v) is 3.03. The van der Waals surface area contributed by atoms with Gasteiger partial charge in [-0.15, -0.1) is 0 Å². The Kier molecular flexibility index (Phi) is 7.34. The lowest BCUT2D eigenvalue weighted by Crippen LogP contribution is -2.42. The van der Waals surface area contributed by atoms with Gasteiger partial charge in [0.05, 0.1) is 0 Å². The molecule has 90 valence electrons. The number of nitrogens with two attached hydrogens (primary N) is 1. The summed E-state index contributed by atoms with van der Waals surface area (Å²) >= 11 is 0. The van der Waals surface area contributed by atoms with E-state index in [1.807, 2.05) is 6.92 Å². The van der Waals surface area contributed by atoms with Crippen molar-refractivity contribution < 1.29 is 9.53 Å². The molecule has 0 aliphatic carbocycles. The van der Waals surface area contributed by atoms with Gasteiger partial charge >= 0.3 is 0 Å². The molecule has 0 aromatic heterocycles. The van der Waals surface area contributed by atoms with E-state index in [1.54, 1.807) is 0 Å². The number of hydrogen-bond acceptors (Lipinski definition) is 3. The highest BCUT2D eigenvalue weighted by molar-refractivity contribution is 5.77. The first-order valence-electron chi connectivity index (χ1n) is 5.68. The fraction of sp³-hybridized carbons (Fsp3) is 0.909. The van der Waals surface area contributed by atoms with E-state index in [4.69, 9.17) is 10.5 Å². The van der Waals surface area contributed by atoms with Crippen molar-refractivity contribution in [2.75, 3.05) is 26.3 Å². The molecule has 0 aliphatic rings. The van der Waals surface area contributed by atoms with Crippen molar-refractivity contribution in [3.63, 3.8) is 0 Å². The summed E-state index contributed by atoms with van der Waals surface area (Å²) < 4.78 is 5.02. The van der Waals surface area contributed by atoms with Gasteiger partial charge in [0.1, 0.15) is 6.61 Å². The zero-order valence-corrected chi connectivity index (χ0v) is 10.1. The number of rotatable bonds is 8. The summed E-state index contributed by atoms with van der Waals surface area (Å²) in [6.07, 6.45) is 1.96. The first-order valence-corrected chi connectivity index (χ1v) is 5.68. The highest BCUT2D eigenvalue weighted by Crippen LogP contribution is 2.23. The third-order valence-electron chi connectivity index (χ3n) is 3.03. The number of carbonyl (C=O) groups excluding carboxylic acids is 1. The number of amides is 1. The van der Waals surface area contributed by atoms with Crippen LogP contribution in [0.25, 0.3) is 0 Å². The Morgan fingerprint density at radius 2 is 1.93 bits per heavy atom. The summed E-state index contributed by atoms with van der Waals surface area (Å²) in [7, 11) is 0. The van der Waals surface area contributed by atoms with Crippen LogP contribution in [-0.4, -0.2) is 32.2 Å². The smallest absolute Gasteiger partial charge is 0.246 e. The second kappa shape index (κ2) is 7.65. The van der Waals surface area contributed by atoms with E-state index in [9.17, 15) is 4.79 Å². The van der Waals surface area contributed by atoms with Crippen LogP contribution in [0.2, 0.25) is 0 Å². The second-order valence-corrected chi connectivity index (χ2v) is 3.83. The van der Waals surface area contributed by atoms with E-state index in [1.165, 1.54) is 0 Å². The maximum absolute atomic E-state index is 11.3. The molecule has 0 spiro atoms. The minimum absolute atomic E-state index is 0.0435. The molecule has 3 N–H and O–H groups in total. The lowest BCUT2D eigenvalue weighted by Gasteiger charge is -2.30. The summed E-state index contributed by atoms with van der Waals surface area (Å²) in [6.45, 7) is 8.03. The molecule has 0 saturated carbocycles. The zero-order valence-electron chi connectivity index (χ0n) is 10.1. The first kappa shape index (κ1) is 14.4. The van der Waals surface area contributed by atoms with Crippen molar-refractivity contribution in [2.45, 2.75) is 33.6 Å². The SMILES string of the molecule is CCOCC(=O)NCC(CC)(CC)CN. The van der Waals surface area contributed by atoms with Crippen LogP contribution in [0.1, 0.15) is 33.6 Å². The van der Waals surface area contributed by atoms with Crippen LogP contribution in [0.5, 0.6) is 0 Å². The average molecular weight is 216 g/mol. The van der Waals surface area contributed by atoms with E-state index in [0.29, 0.717) is 19.7 Å². The van der Waals surface area contributed by atoms with E-state index in [0.717, 1.165) is 12.8 Å². The average Bonchev–Trinajstić information content (AvgIpc) is 2.29. The van der Waals surface area contributed by atoms with Gasteiger partial charge in [0.2, 0.25) is 5.91 Å². The summed E-state index contributed by atoms with van der Waals surface area (Å²) in [4.78, 5) is 11.3. The summed E-state index contributed by atoms with van der Waals surface area (Å²) in [5, 5.41) is 2.87. The van der Waals surface area contributed by atoms with Gasteiger partial charge in [0.15, 0.2) is 0 Å². The van der Waals surface area contributed by atoms with Crippen LogP contribution in [0.3, 0.4) is 0 Å². The molecule has 0 rings (SSSR count). The maximum atomic E-state index is 11.3. The number of hydrogen-bond donors (Lipinski definition) is 2. The molecule has 0 aromatic rings. The molecule has 0 atom stereocenters. The molecule has 0 radical (unpaired) electrons. The van der Waals surface area contributed by atoms with Crippen LogP contribution in [0.4, 0.5) is 0 Å². The Labute approximate surface area is 92.6 Å². The Balaban J connectivity index is 3.93. The Bertz CT molecular complexity index is 171. The summed E-state index contributed by atoms with van der Waals surface area (Å²) in [5.74, 6) is -0.0587. The molecule has 0 aliphatic heterocycles. The van der Waals surface area contributed by atoms with Crippen molar-refractivity contribution in [2.24, 2.45) is 11.1 Å². The minimum Gasteiger partial charge on any atom is -0.372 e. The van der Waals surface area contributed by atoms with Gasteiger partial charge < -0.3 is 15.8 Å². The minimum atomic E-state index is -0.0587. The Morgan fingerprint density at radius 1 is 1.33 bits per heavy atom. The predicted molar refractivity (Wildman–Crippen MR) is 61.6 cm³/mol.